The number of likely N-dealkylation sites (tertiary alicyclic amines) is 1. The highest BCUT2D eigenvalue weighted by molar-refractivity contribution is 7.11. The van der Waals surface area contributed by atoms with Gasteiger partial charge in [-0.05, 0) is 63.7 Å². The first kappa shape index (κ1) is 17.1. The molecule has 1 N–H and O–H groups in total. The number of rotatable bonds is 5. The highest BCUT2D eigenvalue weighted by Gasteiger charge is 2.22. The summed E-state index contributed by atoms with van der Waals surface area (Å²) in [7, 11) is 0. The molecule has 3 rings (SSSR count). The number of carbonyl (C=O) groups is 1. The van der Waals surface area contributed by atoms with Crippen LogP contribution >= 0.6 is 11.3 Å². The van der Waals surface area contributed by atoms with E-state index in [-0.39, 0.29) is 0 Å². The van der Waals surface area contributed by atoms with Crippen molar-refractivity contribution < 1.29 is 9.90 Å². The number of carboxylic acids is 1. The van der Waals surface area contributed by atoms with Gasteiger partial charge < -0.3 is 5.11 Å². The summed E-state index contributed by atoms with van der Waals surface area (Å²) in [6.07, 6.45) is 3.13. The van der Waals surface area contributed by atoms with Gasteiger partial charge >= 0.3 is 5.97 Å². The molecule has 1 aliphatic rings. The van der Waals surface area contributed by atoms with E-state index in [1.165, 1.54) is 4.88 Å². The fraction of sp³-hybridized carbons (Fsp3) is 0.474. The van der Waals surface area contributed by atoms with Gasteiger partial charge in [0, 0.05) is 11.4 Å². The monoisotopic (exact) mass is 344 g/mol. The highest BCUT2D eigenvalue weighted by Crippen LogP contribution is 2.26. The topological polar surface area (TPSA) is 53.4 Å². The Bertz CT molecular complexity index is 718. The maximum atomic E-state index is 11.3. The van der Waals surface area contributed by atoms with E-state index in [2.05, 4.69) is 23.7 Å². The molecule has 4 nitrogen and oxygen atoms in total. The van der Waals surface area contributed by atoms with E-state index >= 15 is 0 Å². The van der Waals surface area contributed by atoms with Crippen LogP contribution in [0, 0.1) is 19.8 Å². The molecule has 0 spiro atoms. The third kappa shape index (κ3) is 4.02. The number of aromatic carboxylic acids is 1. The molecule has 1 aromatic carbocycles. The Hall–Kier alpha value is -1.72. The summed E-state index contributed by atoms with van der Waals surface area (Å²) >= 11 is 1.80. The van der Waals surface area contributed by atoms with Crippen molar-refractivity contribution in [1.82, 2.24) is 9.88 Å². The van der Waals surface area contributed by atoms with Crippen LogP contribution in [0.1, 0.15) is 44.3 Å². The number of benzene rings is 1. The summed E-state index contributed by atoms with van der Waals surface area (Å²) in [5.41, 5.74) is 2.59. The van der Waals surface area contributed by atoms with Crippen molar-refractivity contribution >= 4 is 17.3 Å². The number of aromatic nitrogens is 1. The van der Waals surface area contributed by atoms with Crippen LogP contribution in [0.2, 0.25) is 0 Å². The first-order chi connectivity index (χ1) is 11.5. The van der Waals surface area contributed by atoms with Crippen molar-refractivity contribution in [3.05, 3.63) is 51.0 Å². The molecule has 0 atom stereocenters. The first-order valence-electron chi connectivity index (χ1n) is 8.49. The van der Waals surface area contributed by atoms with Gasteiger partial charge in [-0.2, -0.15) is 0 Å². The number of aryl methyl sites for hydroxylation is 2. The van der Waals surface area contributed by atoms with Gasteiger partial charge in [0.05, 0.1) is 16.3 Å². The minimum absolute atomic E-state index is 0.454. The lowest BCUT2D eigenvalue weighted by Gasteiger charge is -2.32. The molecular formula is C19H24N2O2S. The van der Waals surface area contributed by atoms with Gasteiger partial charge in [-0.25, -0.2) is 9.78 Å². The molecule has 24 heavy (non-hydrogen) atoms. The van der Waals surface area contributed by atoms with Crippen LogP contribution in [0.5, 0.6) is 0 Å². The van der Waals surface area contributed by atoms with Crippen LogP contribution in [0.15, 0.2) is 24.3 Å². The Kier molecular flexibility index (Phi) is 5.31. The SMILES string of the molecule is Cc1nc(C)c(CN2CCC(Cc3ccccc3C(=O)O)CC2)s1. The van der Waals surface area contributed by atoms with E-state index in [1.807, 2.05) is 12.1 Å². The van der Waals surface area contributed by atoms with Crippen LogP contribution in [0.25, 0.3) is 0 Å². The average Bonchev–Trinajstić information content (AvgIpc) is 2.87. The predicted molar refractivity (Wildman–Crippen MR) is 96.7 cm³/mol. The molecular weight excluding hydrogens is 320 g/mol. The zero-order chi connectivity index (χ0) is 17.1. The Morgan fingerprint density at radius 2 is 2.00 bits per heavy atom. The number of carboxylic acid groups (broad SMARTS) is 1. The molecule has 0 bridgehead atoms. The van der Waals surface area contributed by atoms with Crippen molar-refractivity contribution in [3.63, 3.8) is 0 Å². The zero-order valence-corrected chi connectivity index (χ0v) is 15.1. The quantitative estimate of drug-likeness (QED) is 0.893. The summed E-state index contributed by atoms with van der Waals surface area (Å²) in [5.74, 6) is -0.245. The molecule has 2 heterocycles. The fourth-order valence-corrected chi connectivity index (χ4v) is 4.47. The van der Waals surface area contributed by atoms with E-state index in [0.29, 0.717) is 11.5 Å². The Morgan fingerprint density at radius 1 is 1.29 bits per heavy atom. The summed E-state index contributed by atoms with van der Waals surface area (Å²) < 4.78 is 0. The van der Waals surface area contributed by atoms with Crippen LogP contribution in [-0.4, -0.2) is 34.0 Å². The molecule has 0 saturated carbocycles. The van der Waals surface area contributed by atoms with Crippen molar-refractivity contribution in [3.8, 4) is 0 Å². The van der Waals surface area contributed by atoms with Crippen molar-refractivity contribution in [2.75, 3.05) is 13.1 Å². The van der Waals surface area contributed by atoms with Gasteiger partial charge in [-0.1, -0.05) is 18.2 Å². The lowest BCUT2D eigenvalue weighted by molar-refractivity contribution is 0.0695. The van der Waals surface area contributed by atoms with Gasteiger partial charge in [0.2, 0.25) is 0 Å². The lowest BCUT2D eigenvalue weighted by atomic mass is 9.88. The Balaban J connectivity index is 1.56. The summed E-state index contributed by atoms with van der Waals surface area (Å²) in [6.45, 7) is 7.31. The van der Waals surface area contributed by atoms with Crippen LogP contribution in [0.3, 0.4) is 0 Å². The lowest BCUT2D eigenvalue weighted by Crippen LogP contribution is -2.34. The smallest absolute Gasteiger partial charge is 0.335 e. The number of nitrogens with zero attached hydrogens (tertiary/aromatic N) is 2. The predicted octanol–water partition coefficient (Wildman–Crippen LogP) is 3.91. The molecule has 128 valence electrons. The molecule has 0 radical (unpaired) electrons. The highest BCUT2D eigenvalue weighted by atomic mass is 32.1. The molecule has 1 saturated heterocycles. The molecule has 2 aromatic rings. The van der Waals surface area contributed by atoms with Crippen molar-refractivity contribution in [2.45, 2.75) is 39.7 Å². The Morgan fingerprint density at radius 3 is 2.62 bits per heavy atom. The van der Waals surface area contributed by atoms with Gasteiger partial charge in [0.15, 0.2) is 0 Å². The van der Waals surface area contributed by atoms with Crippen molar-refractivity contribution in [2.24, 2.45) is 5.92 Å². The molecule has 1 aliphatic heterocycles. The third-order valence-corrected chi connectivity index (χ3v) is 5.89. The van der Waals surface area contributed by atoms with E-state index in [9.17, 15) is 9.90 Å². The van der Waals surface area contributed by atoms with E-state index in [4.69, 9.17) is 0 Å². The molecule has 0 unspecified atom stereocenters. The summed E-state index contributed by atoms with van der Waals surface area (Å²) in [4.78, 5) is 19.7. The Labute approximate surface area is 147 Å². The van der Waals surface area contributed by atoms with E-state index in [0.717, 1.165) is 55.2 Å². The molecule has 0 aliphatic carbocycles. The number of piperidine rings is 1. The molecule has 1 fully saturated rings. The fourth-order valence-electron chi connectivity index (χ4n) is 3.49. The largest absolute Gasteiger partial charge is 0.478 e. The van der Waals surface area contributed by atoms with Gasteiger partial charge in [-0.3, -0.25) is 4.90 Å². The second kappa shape index (κ2) is 7.45. The van der Waals surface area contributed by atoms with Gasteiger partial charge in [-0.15, -0.1) is 11.3 Å². The standard InChI is InChI=1S/C19H24N2O2S/c1-13-18(24-14(2)20-13)12-21-9-7-15(8-10-21)11-16-5-3-4-6-17(16)19(22)23/h3-6,15H,7-12H2,1-2H3,(H,22,23). The number of hydrogen-bond donors (Lipinski definition) is 1. The zero-order valence-electron chi connectivity index (χ0n) is 14.3. The average molecular weight is 344 g/mol. The van der Waals surface area contributed by atoms with Gasteiger partial charge in [0.25, 0.3) is 0 Å². The first-order valence-corrected chi connectivity index (χ1v) is 9.31. The van der Waals surface area contributed by atoms with E-state index in [1.54, 1.807) is 23.5 Å². The third-order valence-electron chi connectivity index (χ3n) is 4.83. The normalized spacial score (nSPS) is 16.4. The summed E-state index contributed by atoms with van der Waals surface area (Å²) in [6, 6.07) is 7.40. The number of hydrogen-bond acceptors (Lipinski definition) is 4. The minimum atomic E-state index is -0.820. The van der Waals surface area contributed by atoms with Gasteiger partial charge in [0.1, 0.15) is 0 Å². The maximum Gasteiger partial charge on any atom is 0.335 e. The van der Waals surface area contributed by atoms with Crippen LogP contribution < -0.4 is 0 Å². The minimum Gasteiger partial charge on any atom is -0.478 e. The maximum absolute atomic E-state index is 11.3. The van der Waals surface area contributed by atoms with E-state index < -0.39 is 5.97 Å². The number of thiazole rings is 1. The second-order valence-electron chi connectivity index (χ2n) is 6.63. The van der Waals surface area contributed by atoms with Crippen LogP contribution in [0.4, 0.5) is 0 Å². The molecule has 5 heteroatoms. The second-order valence-corrected chi connectivity index (χ2v) is 7.92. The summed E-state index contributed by atoms with van der Waals surface area (Å²) in [5, 5.41) is 10.5. The molecule has 0 amide bonds. The van der Waals surface area contributed by atoms with Crippen molar-refractivity contribution in [1.29, 1.82) is 0 Å². The molecule has 1 aromatic heterocycles. The van der Waals surface area contributed by atoms with Crippen LogP contribution in [-0.2, 0) is 13.0 Å².